The van der Waals surface area contributed by atoms with Gasteiger partial charge in [-0.25, -0.2) is 0 Å². The Morgan fingerprint density at radius 2 is 2.25 bits per heavy atom. The summed E-state index contributed by atoms with van der Waals surface area (Å²) in [6.45, 7) is 0. The van der Waals surface area contributed by atoms with Crippen LogP contribution in [0.3, 0.4) is 0 Å². The molecule has 3 N–H and O–H groups in total. The van der Waals surface area contributed by atoms with Gasteiger partial charge in [0.2, 0.25) is 0 Å². The van der Waals surface area contributed by atoms with E-state index in [1.165, 1.54) is 0 Å². The Bertz CT molecular complexity index is 79.7. The van der Waals surface area contributed by atoms with Gasteiger partial charge in [0.1, 0.15) is 6.04 Å². The van der Waals surface area contributed by atoms with Gasteiger partial charge in [-0.15, -0.1) is 0 Å². The van der Waals surface area contributed by atoms with E-state index in [1.807, 2.05) is 0 Å². The first-order valence-corrected chi connectivity index (χ1v) is 2.41. The fourth-order valence-electron chi connectivity index (χ4n) is 0.0781. The Labute approximate surface area is 68.6 Å². The van der Waals surface area contributed by atoms with Crippen molar-refractivity contribution in [2.45, 2.75) is 6.04 Å². The number of hydrogen-bond acceptors (Lipinski definition) is 3. The standard InChI is InChI=1S/C3H7NO2S.Au/c4-2(1-7)3(5)6;/h2,7H,1,4H2,(H,5,6);/t2-;/m0./s1. The summed E-state index contributed by atoms with van der Waals surface area (Å²) >= 11 is 3.65. The minimum absolute atomic E-state index is 0. The molecule has 0 aromatic rings. The van der Waals surface area contributed by atoms with E-state index in [2.05, 4.69) is 12.6 Å². The van der Waals surface area contributed by atoms with Gasteiger partial charge < -0.3 is 10.8 Å². The Kier molecular flexibility index (Phi) is 8.01. The third kappa shape index (κ3) is 4.67. The summed E-state index contributed by atoms with van der Waals surface area (Å²) in [5, 5.41) is 8.01. The number of carbonyl (C=O) groups is 1. The number of nitrogens with two attached hydrogens (primary N) is 1. The molecule has 0 spiro atoms. The Hall–Kier alpha value is 0.520. The average Bonchev–Trinajstić information content (AvgIpc) is 1.65. The van der Waals surface area contributed by atoms with Crippen LogP contribution in [0.1, 0.15) is 0 Å². The van der Waals surface area contributed by atoms with E-state index in [0.29, 0.717) is 0 Å². The van der Waals surface area contributed by atoms with E-state index < -0.39 is 12.0 Å². The zero-order valence-electron chi connectivity index (χ0n) is 3.97. The van der Waals surface area contributed by atoms with E-state index in [0.717, 1.165) is 0 Å². The molecule has 53 valence electrons. The van der Waals surface area contributed by atoms with Crippen molar-refractivity contribution in [3.63, 3.8) is 0 Å². The van der Waals surface area contributed by atoms with Crippen LogP contribution in [0.15, 0.2) is 0 Å². The van der Waals surface area contributed by atoms with Gasteiger partial charge in [-0.05, 0) is 0 Å². The molecular weight excluding hydrogens is 311 g/mol. The fraction of sp³-hybridized carbons (Fsp3) is 0.667. The second kappa shape index (κ2) is 5.65. The summed E-state index contributed by atoms with van der Waals surface area (Å²) in [6, 6.07) is -0.816. The Morgan fingerprint density at radius 1 is 1.88 bits per heavy atom. The molecule has 0 heterocycles. The molecule has 0 bridgehead atoms. The predicted octanol–water partition coefficient (Wildman–Crippen LogP) is -0.674. The largest absolute Gasteiger partial charge is 0.480 e. The van der Waals surface area contributed by atoms with Crippen LogP contribution in [0, 0.1) is 0 Å². The normalized spacial score (nSPS) is 11.8. The first-order chi connectivity index (χ1) is 3.18. The Morgan fingerprint density at radius 3 is 2.25 bits per heavy atom. The van der Waals surface area contributed by atoms with Crippen LogP contribution in [0.4, 0.5) is 0 Å². The molecule has 0 aliphatic rings. The Balaban J connectivity index is 0. The van der Waals surface area contributed by atoms with Crippen molar-refractivity contribution in [1.29, 1.82) is 0 Å². The van der Waals surface area contributed by atoms with Crippen LogP contribution in [0.2, 0.25) is 0 Å². The molecule has 1 radical (unpaired) electrons. The minimum Gasteiger partial charge on any atom is -0.480 e. The van der Waals surface area contributed by atoms with Crippen molar-refractivity contribution in [1.82, 2.24) is 0 Å². The summed E-state index contributed by atoms with van der Waals surface area (Å²) < 4.78 is 0. The van der Waals surface area contributed by atoms with Crippen molar-refractivity contribution in [3.8, 4) is 0 Å². The molecule has 0 saturated heterocycles. The molecule has 0 aromatic heterocycles. The first kappa shape index (κ1) is 11.3. The van der Waals surface area contributed by atoms with Crippen molar-refractivity contribution in [2.75, 3.05) is 5.75 Å². The van der Waals surface area contributed by atoms with E-state index in [9.17, 15) is 4.79 Å². The molecule has 5 heteroatoms. The summed E-state index contributed by atoms with van der Waals surface area (Å²) in [5.41, 5.74) is 4.94. The number of carboxylic acids is 1. The van der Waals surface area contributed by atoms with Crippen LogP contribution in [0.25, 0.3) is 0 Å². The number of rotatable bonds is 2. The van der Waals surface area contributed by atoms with Crippen molar-refractivity contribution in [2.24, 2.45) is 5.73 Å². The maximum atomic E-state index is 9.76. The average molecular weight is 318 g/mol. The zero-order valence-corrected chi connectivity index (χ0v) is 7.03. The number of aliphatic carboxylic acids is 1. The third-order valence-electron chi connectivity index (χ3n) is 0.514. The fourth-order valence-corrected chi connectivity index (χ4v) is 0.234. The summed E-state index contributed by atoms with van der Waals surface area (Å²) in [4.78, 5) is 9.76. The second-order valence-corrected chi connectivity index (χ2v) is 1.49. The van der Waals surface area contributed by atoms with Crippen LogP contribution in [-0.4, -0.2) is 22.9 Å². The number of thiol groups is 1. The van der Waals surface area contributed by atoms with Gasteiger partial charge in [-0.2, -0.15) is 12.6 Å². The van der Waals surface area contributed by atoms with Gasteiger partial charge in [-0.1, -0.05) is 0 Å². The van der Waals surface area contributed by atoms with Crippen molar-refractivity contribution >= 4 is 18.6 Å². The minimum atomic E-state index is -1.00. The molecule has 1 atom stereocenters. The molecular formula is C3H7AuNO2S. The molecule has 0 fully saturated rings. The van der Waals surface area contributed by atoms with Gasteiger partial charge in [-0.3, -0.25) is 4.79 Å². The van der Waals surface area contributed by atoms with Gasteiger partial charge >= 0.3 is 5.97 Å². The molecule has 0 amide bonds. The quantitative estimate of drug-likeness (QED) is 0.467. The second-order valence-electron chi connectivity index (χ2n) is 1.13. The SMILES string of the molecule is N[C@@H](CS)C(=O)O.[Au]. The molecule has 3 nitrogen and oxygen atoms in total. The van der Waals surface area contributed by atoms with E-state index in [4.69, 9.17) is 10.8 Å². The molecule has 0 rings (SSSR count). The van der Waals surface area contributed by atoms with Gasteiger partial charge in [0.05, 0.1) is 0 Å². The van der Waals surface area contributed by atoms with Crippen molar-refractivity contribution < 1.29 is 32.3 Å². The van der Waals surface area contributed by atoms with Crippen LogP contribution in [0.5, 0.6) is 0 Å². The van der Waals surface area contributed by atoms with Crippen LogP contribution < -0.4 is 5.73 Å². The third-order valence-corrected chi connectivity index (χ3v) is 0.907. The topological polar surface area (TPSA) is 63.3 Å². The maximum absolute atomic E-state index is 9.76. The van der Waals surface area contributed by atoms with Gasteiger partial charge in [0.15, 0.2) is 0 Å². The molecule has 0 saturated carbocycles. The smallest absolute Gasteiger partial charge is 0.321 e. The maximum Gasteiger partial charge on any atom is 0.321 e. The number of hydrogen-bond donors (Lipinski definition) is 3. The van der Waals surface area contributed by atoms with Gasteiger partial charge in [0.25, 0.3) is 0 Å². The predicted molar refractivity (Wildman–Crippen MR) is 29.5 cm³/mol. The van der Waals surface area contributed by atoms with Crippen molar-refractivity contribution in [3.05, 3.63) is 0 Å². The van der Waals surface area contributed by atoms with E-state index >= 15 is 0 Å². The van der Waals surface area contributed by atoms with Crippen LogP contribution in [-0.2, 0) is 27.2 Å². The van der Waals surface area contributed by atoms with E-state index in [-0.39, 0.29) is 28.1 Å². The zero-order chi connectivity index (χ0) is 5.86. The summed E-state index contributed by atoms with van der Waals surface area (Å²) in [5.74, 6) is -0.815. The monoisotopic (exact) mass is 318 g/mol. The molecule has 0 aliphatic carbocycles. The summed E-state index contributed by atoms with van der Waals surface area (Å²) in [7, 11) is 0. The molecule has 0 aromatic carbocycles. The molecule has 8 heavy (non-hydrogen) atoms. The molecule has 0 aliphatic heterocycles. The van der Waals surface area contributed by atoms with E-state index in [1.54, 1.807) is 0 Å². The first-order valence-electron chi connectivity index (χ1n) is 1.77. The van der Waals surface area contributed by atoms with Gasteiger partial charge in [0, 0.05) is 28.1 Å². The summed E-state index contributed by atoms with van der Waals surface area (Å²) in [6.07, 6.45) is 0. The van der Waals surface area contributed by atoms with Crippen LogP contribution >= 0.6 is 12.6 Å². The number of carboxylic acid groups (broad SMARTS) is 1. The molecule has 0 unspecified atom stereocenters.